The second-order valence-corrected chi connectivity index (χ2v) is 6.60. The number of allylic oxidation sites excluding steroid dienone is 1. The molecule has 0 amide bonds. The van der Waals surface area contributed by atoms with Gasteiger partial charge >= 0.3 is 0 Å². The zero-order valence-electron chi connectivity index (χ0n) is 10.9. The van der Waals surface area contributed by atoms with Gasteiger partial charge in [-0.15, -0.1) is 0 Å². The number of sulfone groups is 1. The highest BCUT2D eigenvalue weighted by molar-refractivity contribution is 7.95. The molecule has 0 fully saturated rings. The van der Waals surface area contributed by atoms with Crippen LogP contribution in [0.2, 0.25) is 5.02 Å². The molecule has 0 bridgehead atoms. The lowest BCUT2D eigenvalue weighted by Crippen LogP contribution is -2.03. The third kappa shape index (κ3) is 3.32. The van der Waals surface area contributed by atoms with Crippen LogP contribution in [-0.2, 0) is 9.84 Å². The molecule has 0 saturated carbocycles. The van der Waals surface area contributed by atoms with E-state index >= 15 is 0 Å². The molecule has 0 unspecified atom stereocenters. The maximum atomic E-state index is 13.6. The van der Waals surface area contributed by atoms with Gasteiger partial charge in [0.1, 0.15) is 22.6 Å². The summed E-state index contributed by atoms with van der Waals surface area (Å²) in [5.74, 6) is -1.57. The van der Waals surface area contributed by atoms with Gasteiger partial charge in [-0.3, -0.25) is 0 Å². The van der Waals surface area contributed by atoms with Crippen molar-refractivity contribution in [1.29, 1.82) is 5.26 Å². The van der Waals surface area contributed by atoms with Crippen molar-refractivity contribution < 1.29 is 17.2 Å². The first-order valence-corrected chi connectivity index (χ1v) is 7.78. The van der Waals surface area contributed by atoms with Gasteiger partial charge in [-0.25, -0.2) is 17.2 Å². The predicted molar refractivity (Wildman–Crippen MR) is 78.6 cm³/mol. The topological polar surface area (TPSA) is 57.9 Å². The maximum absolute atomic E-state index is 13.6. The van der Waals surface area contributed by atoms with Gasteiger partial charge in [0.15, 0.2) is 0 Å². The van der Waals surface area contributed by atoms with Crippen LogP contribution in [-0.4, -0.2) is 8.42 Å². The third-order valence-electron chi connectivity index (χ3n) is 2.77. The minimum atomic E-state index is -4.14. The molecule has 7 heteroatoms. The first kappa shape index (κ1) is 16.1. The molecule has 0 aliphatic heterocycles. The summed E-state index contributed by atoms with van der Waals surface area (Å²) in [6, 6.07) is 9.22. The minimum absolute atomic E-state index is 0.165. The minimum Gasteiger partial charge on any atom is -0.218 e. The summed E-state index contributed by atoms with van der Waals surface area (Å²) in [6.45, 7) is 0. The maximum Gasteiger partial charge on any atom is 0.216 e. The number of hydrogen-bond donors (Lipinski definition) is 0. The normalized spacial score (nSPS) is 12.0. The van der Waals surface area contributed by atoms with Crippen molar-refractivity contribution in [3.05, 3.63) is 69.6 Å². The number of hydrogen-bond acceptors (Lipinski definition) is 3. The highest BCUT2D eigenvalue weighted by Gasteiger charge is 2.21. The molecule has 2 rings (SSSR count). The highest BCUT2D eigenvalue weighted by atomic mass is 35.5. The molecule has 2 aromatic carbocycles. The van der Waals surface area contributed by atoms with Gasteiger partial charge in [-0.1, -0.05) is 11.6 Å². The lowest BCUT2D eigenvalue weighted by atomic mass is 10.2. The van der Waals surface area contributed by atoms with Crippen molar-refractivity contribution in [2.24, 2.45) is 0 Å². The van der Waals surface area contributed by atoms with E-state index in [9.17, 15) is 17.2 Å². The fourth-order valence-electron chi connectivity index (χ4n) is 1.68. The summed E-state index contributed by atoms with van der Waals surface area (Å²) in [7, 11) is -4.14. The van der Waals surface area contributed by atoms with E-state index in [4.69, 9.17) is 16.9 Å². The Kier molecular flexibility index (Phi) is 4.59. The van der Waals surface area contributed by atoms with Gasteiger partial charge in [-0.2, -0.15) is 5.26 Å². The molecule has 0 radical (unpaired) electrons. The lowest BCUT2D eigenvalue weighted by molar-refractivity contribution is 0.597. The Morgan fingerprint density at radius 3 is 2.36 bits per heavy atom. The summed E-state index contributed by atoms with van der Waals surface area (Å²) in [5, 5.41) is 9.39. The molecule has 0 aliphatic rings. The summed E-state index contributed by atoms with van der Waals surface area (Å²) in [6.07, 6.45) is 0.794. The van der Waals surface area contributed by atoms with E-state index in [-0.39, 0.29) is 10.5 Å². The van der Waals surface area contributed by atoms with Crippen molar-refractivity contribution in [2.45, 2.75) is 4.90 Å². The Morgan fingerprint density at radius 2 is 1.77 bits per heavy atom. The van der Waals surface area contributed by atoms with Crippen LogP contribution in [0.15, 0.2) is 52.3 Å². The molecule has 22 heavy (non-hydrogen) atoms. The smallest absolute Gasteiger partial charge is 0.216 e. The van der Waals surface area contributed by atoms with E-state index in [1.807, 2.05) is 0 Å². The molecule has 112 valence electrons. The number of halogens is 3. The zero-order valence-corrected chi connectivity index (χ0v) is 12.5. The van der Waals surface area contributed by atoms with Crippen molar-refractivity contribution in [2.75, 3.05) is 0 Å². The van der Waals surface area contributed by atoms with Crippen molar-refractivity contribution in [3.63, 3.8) is 0 Å². The van der Waals surface area contributed by atoms with Crippen LogP contribution in [0.25, 0.3) is 6.08 Å². The highest BCUT2D eigenvalue weighted by Crippen LogP contribution is 2.23. The average molecular weight is 340 g/mol. The van der Waals surface area contributed by atoms with Crippen LogP contribution >= 0.6 is 11.6 Å². The molecule has 0 heterocycles. The Balaban J connectivity index is 2.56. The molecule has 0 spiro atoms. The van der Waals surface area contributed by atoms with Gasteiger partial charge in [0.05, 0.1) is 4.90 Å². The number of benzene rings is 2. The van der Waals surface area contributed by atoms with Gasteiger partial charge in [0.25, 0.3) is 0 Å². The zero-order chi connectivity index (χ0) is 16.3. The second-order valence-electron chi connectivity index (χ2n) is 4.24. The van der Waals surface area contributed by atoms with E-state index in [1.165, 1.54) is 30.3 Å². The molecule has 0 N–H and O–H groups in total. The molecular formula is C15H8ClF2NO2S. The summed E-state index contributed by atoms with van der Waals surface area (Å²) >= 11 is 5.68. The largest absolute Gasteiger partial charge is 0.218 e. The first-order valence-electron chi connectivity index (χ1n) is 5.92. The molecule has 0 atom stereocenters. The molecule has 2 aromatic rings. The van der Waals surface area contributed by atoms with Crippen LogP contribution in [0.3, 0.4) is 0 Å². The van der Waals surface area contributed by atoms with Crippen molar-refractivity contribution in [3.8, 4) is 6.07 Å². The molecule has 0 saturated heterocycles. The van der Waals surface area contributed by atoms with Crippen LogP contribution in [0.4, 0.5) is 8.78 Å². The predicted octanol–water partition coefficient (Wildman–Crippen LogP) is 3.96. The lowest BCUT2D eigenvalue weighted by Gasteiger charge is -2.04. The number of nitrogens with zero attached hydrogens (tertiary/aromatic N) is 1. The molecule has 0 aromatic heterocycles. The SMILES string of the molecule is N#C/C(=C/c1cc(F)ccc1F)S(=O)(=O)c1ccc(Cl)cc1. The number of nitriles is 1. The van der Waals surface area contributed by atoms with E-state index in [1.54, 1.807) is 0 Å². The van der Waals surface area contributed by atoms with E-state index in [2.05, 4.69) is 0 Å². The van der Waals surface area contributed by atoms with E-state index < -0.39 is 26.4 Å². The molecule has 3 nitrogen and oxygen atoms in total. The Hall–Kier alpha value is -2.23. The summed E-state index contributed by atoms with van der Waals surface area (Å²) < 4.78 is 51.3. The van der Waals surface area contributed by atoms with Gasteiger partial charge in [0, 0.05) is 10.6 Å². The van der Waals surface area contributed by atoms with Gasteiger partial charge in [-0.05, 0) is 48.5 Å². The van der Waals surface area contributed by atoms with Crippen LogP contribution in [0, 0.1) is 23.0 Å². The Labute approximate surface area is 131 Å². The third-order valence-corrected chi connectivity index (χ3v) is 4.70. The molecular weight excluding hydrogens is 332 g/mol. The Morgan fingerprint density at radius 1 is 1.14 bits per heavy atom. The fraction of sp³-hybridized carbons (Fsp3) is 0. The van der Waals surface area contributed by atoms with Crippen molar-refractivity contribution in [1.82, 2.24) is 0 Å². The van der Waals surface area contributed by atoms with Crippen molar-refractivity contribution >= 4 is 27.5 Å². The van der Waals surface area contributed by atoms with E-state index in [0.29, 0.717) is 5.02 Å². The van der Waals surface area contributed by atoms with E-state index in [0.717, 1.165) is 24.3 Å². The monoisotopic (exact) mass is 339 g/mol. The average Bonchev–Trinajstić information content (AvgIpc) is 2.48. The quantitative estimate of drug-likeness (QED) is 0.795. The fourth-order valence-corrected chi connectivity index (χ4v) is 2.95. The number of rotatable bonds is 3. The van der Waals surface area contributed by atoms with Crippen LogP contribution in [0.1, 0.15) is 5.56 Å². The van der Waals surface area contributed by atoms with Crippen LogP contribution < -0.4 is 0 Å². The Bertz CT molecular complexity index is 885. The van der Waals surface area contributed by atoms with Gasteiger partial charge < -0.3 is 0 Å². The molecule has 0 aliphatic carbocycles. The summed E-state index contributed by atoms with van der Waals surface area (Å²) in [5.41, 5.74) is -0.325. The van der Waals surface area contributed by atoms with Crippen LogP contribution in [0.5, 0.6) is 0 Å². The standard InChI is InChI=1S/C15H8ClF2NO2S/c16-11-1-4-13(5-2-11)22(20,21)14(9-19)8-10-7-12(17)3-6-15(10)18/h1-8H/b14-8-. The summed E-state index contributed by atoms with van der Waals surface area (Å²) in [4.78, 5) is -0.860. The second kappa shape index (κ2) is 6.26. The first-order chi connectivity index (χ1) is 10.3. The van der Waals surface area contributed by atoms with Gasteiger partial charge in [0.2, 0.25) is 9.84 Å².